The third kappa shape index (κ3) is 4.42. The van der Waals surface area contributed by atoms with E-state index in [0.29, 0.717) is 6.54 Å². The lowest BCUT2D eigenvalue weighted by Crippen LogP contribution is -2.45. The highest BCUT2D eigenvalue weighted by Crippen LogP contribution is 2.11. The van der Waals surface area contributed by atoms with Crippen molar-refractivity contribution in [3.63, 3.8) is 0 Å². The number of carbonyl (C=O) groups excluding carboxylic acids is 1. The molecule has 4 heteroatoms. The molecule has 1 rings (SSSR count). The van der Waals surface area contributed by atoms with Crippen LogP contribution in [-0.2, 0) is 11.2 Å². The number of rotatable bonds is 5. The largest absolute Gasteiger partial charge is 0.344 e. The van der Waals surface area contributed by atoms with E-state index < -0.39 is 6.04 Å². The molecule has 18 heavy (non-hydrogen) atoms. The fourth-order valence-corrected chi connectivity index (χ4v) is 1.86. The lowest BCUT2D eigenvalue weighted by molar-refractivity contribution is -0.132. The Labute approximate surface area is 117 Å². The SMILES string of the molecule is CC(C)C(N)C(=O)N(C)CCc1ccc(Br)cc1. The molecule has 0 heterocycles. The third-order valence-corrected chi connectivity index (χ3v) is 3.56. The van der Waals surface area contributed by atoms with Crippen LogP contribution in [0.4, 0.5) is 0 Å². The molecule has 0 aromatic heterocycles. The van der Waals surface area contributed by atoms with Crippen molar-refractivity contribution in [1.29, 1.82) is 0 Å². The van der Waals surface area contributed by atoms with Crippen LogP contribution in [-0.4, -0.2) is 30.4 Å². The minimum Gasteiger partial charge on any atom is -0.344 e. The Hall–Kier alpha value is -0.870. The minimum atomic E-state index is -0.403. The van der Waals surface area contributed by atoms with Crippen molar-refractivity contribution in [3.8, 4) is 0 Å². The Balaban J connectivity index is 2.48. The van der Waals surface area contributed by atoms with Gasteiger partial charge in [-0.3, -0.25) is 4.79 Å². The average Bonchev–Trinajstić information content (AvgIpc) is 2.35. The van der Waals surface area contributed by atoms with Gasteiger partial charge in [-0.05, 0) is 30.0 Å². The van der Waals surface area contributed by atoms with Crippen LogP contribution in [0.3, 0.4) is 0 Å². The molecule has 0 aliphatic heterocycles. The maximum atomic E-state index is 12.0. The molecule has 0 spiro atoms. The molecule has 0 aliphatic carbocycles. The molecule has 0 fully saturated rings. The second-order valence-electron chi connectivity index (χ2n) is 4.91. The monoisotopic (exact) mass is 312 g/mol. The van der Waals surface area contributed by atoms with Crippen LogP contribution in [0.5, 0.6) is 0 Å². The maximum Gasteiger partial charge on any atom is 0.239 e. The van der Waals surface area contributed by atoms with Crippen LogP contribution in [0.1, 0.15) is 19.4 Å². The van der Waals surface area contributed by atoms with Gasteiger partial charge in [0, 0.05) is 18.1 Å². The van der Waals surface area contributed by atoms with E-state index in [4.69, 9.17) is 5.73 Å². The minimum absolute atomic E-state index is 0.0158. The molecule has 0 radical (unpaired) electrons. The van der Waals surface area contributed by atoms with Gasteiger partial charge in [0.25, 0.3) is 0 Å². The highest BCUT2D eigenvalue weighted by molar-refractivity contribution is 9.10. The van der Waals surface area contributed by atoms with E-state index in [1.807, 2.05) is 33.0 Å². The fraction of sp³-hybridized carbons (Fsp3) is 0.500. The normalized spacial score (nSPS) is 12.6. The Morgan fingerprint density at radius 2 is 1.89 bits per heavy atom. The van der Waals surface area contributed by atoms with Gasteiger partial charge >= 0.3 is 0 Å². The van der Waals surface area contributed by atoms with Crippen LogP contribution in [0.15, 0.2) is 28.7 Å². The Bertz CT molecular complexity index is 389. The van der Waals surface area contributed by atoms with E-state index in [1.54, 1.807) is 4.90 Å². The molecule has 0 bridgehead atoms. The van der Waals surface area contributed by atoms with Crippen LogP contribution >= 0.6 is 15.9 Å². The molecule has 1 atom stereocenters. The van der Waals surface area contributed by atoms with Gasteiger partial charge in [-0.25, -0.2) is 0 Å². The molecular formula is C14H21BrN2O. The molecule has 0 saturated carbocycles. The average molecular weight is 313 g/mol. The van der Waals surface area contributed by atoms with Crippen molar-refractivity contribution in [3.05, 3.63) is 34.3 Å². The second-order valence-corrected chi connectivity index (χ2v) is 5.82. The quantitative estimate of drug-likeness (QED) is 0.907. The number of hydrogen-bond acceptors (Lipinski definition) is 2. The predicted molar refractivity (Wildman–Crippen MR) is 78.3 cm³/mol. The lowest BCUT2D eigenvalue weighted by Gasteiger charge is -2.23. The summed E-state index contributed by atoms with van der Waals surface area (Å²) in [5.74, 6) is 0.190. The van der Waals surface area contributed by atoms with Crippen LogP contribution < -0.4 is 5.73 Å². The summed E-state index contributed by atoms with van der Waals surface area (Å²) in [6.07, 6.45) is 0.848. The van der Waals surface area contributed by atoms with Crippen LogP contribution in [0.2, 0.25) is 0 Å². The van der Waals surface area contributed by atoms with E-state index in [1.165, 1.54) is 5.56 Å². The summed E-state index contributed by atoms with van der Waals surface area (Å²) in [4.78, 5) is 13.7. The molecule has 0 saturated heterocycles. The van der Waals surface area contributed by atoms with Crippen molar-refractivity contribution in [1.82, 2.24) is 4.90 Å². The van der Waals surface area contributed by atoms with E-state index in [-0.39, 0.29) is 11.8 Å². The first kappa shape index (κ1) is 15.2. The summed E-state index contributed by atoms with van der Waals surface area (Å²) in [5.41, 5.74) is 7.07. The van der Waals surface area contributed by atoms with Crippen molar-refractivity contribution < 1.29 is 4.79 Å². The number of amides is 1. The first-order chi connectivity index (χ1) is 8.41. The topological polar surface area (TPSA) is 46.3 Å². The predicted octanol–water partition coefficient (Wildman–Crippen LogP) is 2.43. The van der Waals surface area contributed by atoms with E-state index in [0.717, 1.165) is 10.9 Å². The van der Waals surface area contributed by atoms with Gasteiger partial charge < -0.3 is 10.6 Å². The maximum absolute atomic E-state index is 12.0. The van der Waals surface area contributed by atoms with Crippen molar-refractivity contribution >= 4 is 21.8 Å². The molecule has 2 N–H and O–H groups in total. The van der Waals surface area contributed by atoms with Gasteiger partial charge in [0.1, 0.15) is 0 Å². The zero-order valence-corrected chi connectivity index (χ0v) is 12.8. The summed E-state index contributed by atoms with van der Waals surface area (Å²) in [7, 11) is 1.81. The van der Waals surface area contributed by atoms with Gasteiger partial charge in [0.2, 0.25) is 5.91 Å². The molecular weight excluding hydrogens is 292 g/mol. The molecule has 1 aromatic rings. The number of halogens is 1. The Kier molecular flexibility index (Phi) is 5.82. The smallest absolute Gasteiger partial charge is 0.239 e. The number of nitrogens with two attached hydrogens (primary N) is 1. The van der Waals surface area contributed by atoms with Crippen molar-refractivity contribution in [2.24, 2.45) is 11.7 Å². The first-order valence-corrected chi connectivity index (χ1v) is 6.96. The highest BCUT2D eigenvalue weighted by atomic mass is 79.9. The number of nitrogens with zero attached hydrogens (tertiary/aromatic N) is 1. The number of likely N-dealkylation sites (N-methyl/N-ethyl adjacent to an activating group) is 1. The zero-order valence-electron chi connectivity index (χ0n) is 11.2. The van der Waals surface area contributed by atoms with Crippen molar-refractivity contribution in [2.45, 2.75) is 26.3 Å². The molecule has 1 aromatic carbocycles. The summed E-state index contributed by atoms with van der Waals surface area (Å²) >= 11 is 3.40. The van der Waals surface area contributed by atoms with E-state index in [2.05, 4.69) is 28.1 Å². The molecule has 1 unspecified atom stereocenters. The Morgan fingerprint density at radius 1 is 1.33 bits per heavy atom. The van der Waals surface area contributed by atoms with Gasteiger partial charge in [0.05, 0.1) is 6.04 Å². The van der Waals surface area contributed by atoms with Gasteiger partial charge in [0.15, 0.2) is 0 Å². The summed E-state index contributed by atoms with van der Waals surface area (Å²) < 4.78 is 1.07. The lowest BCUT2D eigenvalue weighted by atomic mass is 10.0. The summed E-state index contributed by atoms with van der Waals surface area (Å²) in [6, 6.07) is 7.74. The fourth-order valence-electron chi connectivity index (χ4n) is 1.60. The second kappa shape index (κ2) is 6.90. The molecule has 0 aliphatic rings. The number of carbonyl (C=O) groups is 1. The van der Waals surface area contributed by atoms with Gasteiger partial charge in [-0.15, -0.1) is 0 Å². The third-order valence-electron chi connectivity index (χ3n) is 3.03. The van der Waals surface area contributed by atoms with Crippen LogP contribution in [0, 0.1) is 5.92 Å². The highest BCUT2D eigenvalue weighted by Gasteiger charge is 2.20. The van der Waals surface area contributed by atoms with Crippen LogP contribution in [0.25, 0.3) is 0 Å². The van der Waals surface area contributed by atoms with E-state index in [9.17, 15) is 4.79 Å². The van der Waals surface area contributed by atoms with Crippen molar-refractivity contribution in [2.75, 3.05) is 13.6 Å². The van der Waals surface area contributed by atoms with E-state index >= 15 is 0 Å². The standard InChI is InChI=1S/C14H21BrN2O/c1-10(2)13(16)14(18)17(3)9-8-11-4-6-12(15)7-5-11/h4-7,10,13H,8-9,16H2,1-3H3. The number of hydrogen-bond donors (Lipinski definition) is 1. The zero-order chi connectivity index (χ0) is 13.7. The Morgan fingerprint density at radius 3 is 2.39 bits per heavy atom. The molecule has 1 amide bonds. The summed E-state index contributed by atoms with van der Waals surface area (Å²) in [5, 5.41) is 0. The first-order valence-electron chi connectivity index (χ1n) is 6.17. The molecule has 3 nitrogen and oxygen atoms in total. The number of benzene rings is 1. The van der Waals surface area contributed by atoms with Gasteiger partial charge in [-0.2, -0.15) is 0 Å². The summed E-state index contributed by atoms with van der Waals surface area (Å²) in [6.45, 7) is 4.62. The van der Waals surface area contributed by atoms with Gasteiger partial charge in [-0.1, -0.05) is 41.9 Å². The molecule has 100 valence electrons.